The van der Waals surface area contributed by atoms with Gasteiger partial charge in [-0.25, -0.2) is 4.79 Å². The molecule has 6 nitrogen and oxygen atoms in total. The fourth-order valence-corrected chi connectivity index (χ4v) is 3.21. The van der Waals surface area contributed by atoms with Crippen LogP contribution >= 0.6 is 0 Å². The molecule has 1 fully saturated rings. The van der Waals surface area contributed by atoms with E-state index < -0.39 is 5.60 Å². The molecule has 1 saturated heterocycles. The molecule has 1 aliphatic heterocycles. The number of nitrogens with one attached hydrogen (secondary N) is 2. The standard InChI is InChI=1S/C19H28N4O2/c1-19(2,3)25-18(24)20-14-10-12-23(13-11-14)17-15-8-6-4-5-7-9-16(15)21-22-17/h4,6,8-9,14,21H,5,7,10-13H2,1-3H3,(H,20,24). The average Bonchev–Trinajstić information content (AvgIpc) is 2.87. The summed E-state index contributed by atoms with van der Waals surface area (Å²) in [5.74, 6) is 1.01. The van der Waals surface area contributed by atoms with Crippen molar-refractivity contribution in [2.45, 2.75) is 58.1 Å². The van der Waals surface area contributed by atoms with Gasteiger partial charge in [-0.1, -0.05) is 18.2 Å². The van der Waals surface area contributed by atoms with Crippen LogP contribution in [0.5, 0.6) is 0 Å². The summed E-state index contributed by atoms with van der Waals surface area (Å²) in [4.78, 5) is 14.2. The van der Waals surface area contributed by atoms with Crippen molar-refractivity contribution in [2.75, 3.05) is 18.0 Å². The first kappa shape index (κ1) is 17.6. The number of carbonyl (C=O) groups excluding carboxylic acids is 1. The minimum atomic E-state index is -0.462. The molecule has 25 heavy (non-hydrogen) atoms. The van der Waals surface area contributed by atoms with E-state index in [1.165, 1.54) is 0 Å². The number of piperidine rings is 1. The van der Waals surface area contributed by atoms with Crippen molar-refractivity contribution in [3.63, 3.8) is 0 Å². The van der Waals surface area contributed by atoms with Gasteiger partial charge in [-0.15, -0.1) is 0 Å². The number of allylic oxidation sites excluding steroid dienone is 2. The summed E-state index contributed by atoms with van der Waals surface area (Å²) in [6.45, 7) is 7.37. The van der Waals surface area contributed by atoms with E-state index in [2.05, 4.69) is 44.7 Å². The van der Waals surface area contributed by atoms with E-state index in [1.54, 1.807) is 0 Å². The average molecular weight is 344 g/mol. The molecule has 0 aromatic carbocycles. The molecule has 1 aliphatic carbocycles. The summed E-state index contributed by atoms with van der Waals surface area (Å²) in [5, 5.41) is 12.9. The van der Waals surface area contributed by atoms with Crippen molar-refractivity contribution >= 4 is 24.1 Å². The lowest BCUT2D eigenvalue weighted by molar-refractivity contribution is 0.0497. The Hall–Kier alpha value is -2.24. The van der Waals surface area contributed by atoms with Crippen molar-refractivity contribution in [3.05, 3.63) is 22.7 Å². The number of hydrogen-bond donors (Lipinski definition) is 2. The van der Waals surface area contributed by atoms with Gasteiger partial charge in [-0.05, 0) is 52.5 Å². The quantitative estimate of drug-likeness (QED) is 0.858. The van der Waals surface area contributed by atoms with Crippen LogP contribution in [0.4, 0.5) is 10.6 Å². The highest BCUT2D eigenvalue weighted by atomic mass is 16.6. The Balaban J connectivity index is 1.62. The largest absolute Gasteiger partial charge is 0.444 e. The Morgan fingerprint density at radius 2 is 2.08 bits per heavy atom. The number of alkyl carbamates (subject to hydrolysis) is 1. The van der Waals surface area contributed by atoms with Crippen molar-refractivity contribution in [3.8, 4) is 0 Å². The van der Waals surface area contributed by atoms with E-state index in [-0.39, 0.29) is 12.1 Å². The molecular formula is C19H28N4O2. The van der Waals surface area contributed by atoms with E-state index in [9.17, 15) is 4.79 Å². The molecule has 0 saturated carbocycles. The summed E-state index contributed by atoms with van der Waals surface area (Å²) in [7, 11) is 0. The molecule has 3 rings (SSSR count). The molecule has 0 unspecified atom stereocenters. The number of carbonyl (C=O) groups is 1. The molecule has 1 aromatic rings. The number of hydrogen-bond acceptors (Lipinski definition) is 4. The number of amides is 1. The van der Waals surface area contributed by atoms with E-state index in [0.717, 1.165) is 55.2 Å². The van der Waals surface area contributed by atoms with Crippen LogP contribution in [-0.2, 0) is 4.74 Å². The van der Waals surface area contributed by atoms with Gasteiger partial charge in [0.1, 0.15) is 5.60 Å². The number of aromatic nitrogens is 2. The van der Waals surface area contributed by atoms with Gasteiger partial charge < -0.3 is 15.0 Å². The van der Waals surface area contributed by atoms with Crippen LogP contribution < -0.4 is 20.8 Å². The normalized spacial score (nSPS) is 18.4. The SMILES string of the molecule is CC(C)(C)OC(=O)NC1CCN(c2n[nH]c3c2=CC=CCCC=3)CC1. The molecular weight excluding hydrogens is 316 g/mol. The maximum Gasteiger partial charge on any atom is 0.407 e. The number of nitrogens with zero attached hydrogens (tertiary/aromatic N) is 2. The topological polar surface area (TPSA) is 70.2 Å². The molecule has 2 N–H and O–H groups in total. The minimum Gasteiger partial charge on any atom is -0.444 e. The Kier molecular flexibility index (Phi) is 5.16. The summed E-state index contributed by atoms with van der Waals surface area (Å²) >= 11 is 0. The van der Waals surface area contributed by atoms with Crippen molar-refractivity contribution < 1.29 is 9.53 Å². The van der Waals surface area contributed by atoms with Gasteiger partial charge in [-0.3, -0.25) is 5.10 Å². The number of fused-ring (bicyclic) bond motifs is 1. The Labute approximate surface area is 148 Å². The third kappa shape index (κ3) is 4.65. The molecule has 0 atom stereocenters. The molecule has 1 amide bonds. The zero-order chi connectivity index (χ0) is 17.9. The summed E-state index contributed by atoms with van der Waals surface area (Å²) in [5.41, 5.74) is -0.462. The molecule has 1 aromatic heterocycles. The fraction of sp³-hybridized carbons (Fsp3) is 0.579. The van der Waals surface area contributed by atoms with Gasteiger partial charge in [0, 0.05) is 24.4 Å². The monoisotopic (exact) mass is 344 g/mol. The second kappa shape index (κ2) is 7.33. The number of aromatic amines is 1. The molecule has 0 bridgehead atoms. The van der Waals surface area contributed by atoms with Crippen LogP contribution in [0.1, 0.15) is 46.5 Å². The summed E-state index contributed by atoms with van der Waals surface area (Å²) in [6, 6.07) is 0.155. The van der Waals surface area contributed by atoms with Crippen LogP contribution in [0.2, 0.25) is 0 Å². The maximum absolute atomic E-state index is 11.9. The molecule has 2 aliphatic rings. The number of rotatable bonds is 2. The Bertz CT molecular complexity index is 749. The molecule has 0 spiro atoms. The second-order valence-corrected chi connectivity index (χ2v) is 7.66. The highest BCUT2D eigenvalue weighted by Gasteiger charge is 2.25. The zero-order valence-corrected chi connectivity index (χ0v) is 15.3. The number of anilines is 1. The summed E-state index contributed by atoms with van der Waals surface area (Å²) in [6.07, 6.45) is 12.2. The molecule has 0 radical (unpaired) electrons. The lowest BCUT2D eigenvalue weighted by Crippen LogP contribution is -2.47. The van der Waals surface area contributed by atoms with Crippen LogP contribution in [-0.4, -0.2) is 41.0 Å². The molecule has 6 heteroatoms. The fourth-order valence-electron chi connectivity index (χ4n) is 3.21. The van der Waals surface area contributed by atoms with Crippen LogP contribution in [0, 0.1) is 0 Å². The second-order valence-electron chi connectivity index (χ2n) is 7.66. The van der Waals surface area contributed by atoms with Crippen molar-refractivity contribution in [1.82, 2.24) is 15.5 Å². The van der Waals surface area contributed by atoms with E-state index in [4.69, 9.17) is 4.74 Å². The molecule has 136 valence electrons. The Morgan fingerprint density at radius 3 is 2.80 bits per heavy atom. The summed E-state index contributed by atoms with van der Waals surface area (Å²) < 4.78 is 5.34. The van der Waals surface area contributed by atoms with E-state index in [0.29, 0.717) is 0 Å². The smallest absolute Gasteiger partial charge is 0.407 e. The van der Waals surface area contributed by atoms with Gasteiger partial charge in [0.05, 0.1) is 5.35 Å². The van der Waals surface area contributed by atoms with Crippen molar-refractivity contribution in [1.29, 1.82) is 0 Å². The van der Waals surface area contributed by atoms with Crippen LogP contribution in [0.25, 0.3) is 12.2 Å². The van der Waals surface area contributed by atoms with Crippen LogP contribution in [0.15, 0.2) is 12.2 Å². The first-order valence-corrected chi connectivity index (χ1v) is 9.08. The van der Waals surface area contributed by atoms with Gasteiger partial charge in [0.25, 0.3) is 0 Å². The van der Waals surface area contributed by atoms with Gasteiger partial charge in [0.2, 0.25) is 0 Å². The number of H-pyrrole nitrogens is 1. The predicted molar refractivity (Wildman–Crippen MR) is 99.7 cm³/mol. The third-order valence-electron chi connectivity index (χ3n) is 4.41. The zero-order valence-electron chi connectivity index (χ0n) is 15.3. The first-order chi connectivity index (χ1) is 11.9. The molecule has 2 heterocycles. The minimum absolute atomic E-state index is 0.155. The Morgan fingerprint density at radius 1 is 1.32 bits per heavy atom. The predicted octanol–water partition coefficient (Wildman–Crippen LogP) is 1.81. The highest BCUT2D eigenvalue weighted by Crippen LogP contribution is 2.15. The van der Waals surface area contributed by atoms with Gasteiger partial charge >= 0.3 is 6.09 Å². The maximum atomic E-state index is 11.9. The van der Waals surface area contributed by atoms with Crippen LogP contribution in [0.3, 0.4) is 0 Å². The highest BCUT2D eigenvalue weighted by molar-refractivity contribution is 5.68. The lowest BCUT2D eigenvalue weighted by atomic mass is 10.1. The van der Waals surface area contributed by atoms with E-state index >= 15 is 0 Å². The van der Waals surface area contributed by atoms with E-state index in [1.807, 2.05) is 20.8 Å². The first-order valence-electron chi connectivity index (χ1n) is 9.08. The lowest BCUT2D eigenvalue weighted by Gasteiger charge is -2.33. The van der Waals surface area contributed by atoms with Gasteiger partial charge in [0.15, 0.2) is 5.82 Å². The number of ether oxygens (including phenoxy) is 1. The van der Waals surface area contributed by atoms with Crippen molar-refractivity contribution in [2.24, 2.45) is 0 Å². The van der Waals surface area contributed by atoms with Gasteiger partial charge in [-0.2, -0.15) is 5.10 Å². The third-order valence-corrected chi connectivity index (χ3v) is 4.41.